The number of anilines is 1. The minimum Gasteiger partial charge on any atom is -0.451 e. The lowest BCUT2D eigenvalue weighted by Crippen LogP contribution is -2.50. The summed E-state index contributed by atoms with van der Waals surface area (Å²) in [6.45, 7) is 1.46. The number of ether oxygens (including phenoxy) is 1. The molecule has 11 heteroatoms. The maximum atomic E-state index is 13.8. The largest absolute Gasteiger partial charge is 0.451 e. The monoisotopic (exact) mass is 491 g/mol. The van der Waals surface area contributed by atoms with Gasteiger partial charge < -0.3 is 19.5 Å². The quantitative estimate of drug-likeness (QED) is 0.319. The highest BCUT2D eigenvalue weighted by atomic mass is 19.2. The van der Waals surface area contributed by atoms with E-state index >= 15 is 0 Å². The van der Waals surface area contributed by atoms with E-state index in [4.69, 9.17) is 4.74 Å². The van der Waals surface area contributed by atoms with Crippen molar-refractivity contribution in [1.29, 1.82) is 0 Å². The third-order valence-electron chi connectivity index (χ3n) is 6.26. The minimum absolute atomic E-state index is 0.0409. The molecule has 3 aromatic rings. The van der Waals surface area contributed by atoms with Crippen molar-refractivity contribution in [3.63, 3.8) is 0 Å². The molecule has 2 aliphatic rings. The number of nitrogens with zero attached hydrogens (tertiary/aromatic N) is 2. The molecule has 2 aromatic carbocycles. The molecule has 1 fully saturated rings. The van der Waals surface area contributed by atoms with Crippen LogP contribution in [0.5, 0.6) is 11.5 Å². The Balaban J connectivity index is 1.27. The summed E-state index contributed by atoms with van der Waals surface area (Å²) in [5.74, 6) is -12.1. The van der Waals surface area contributed by atoms with Crippen LogP contribution in [0.1, 0.15) is 18.0 Å². The molecule has 0 spiro atoms. The van der Waals surface area contributed by atoms with Crippen LogP contribution in [0.2, 0.25) is 0 Å². The summed E-state index contributed by atoms with van der Waals surface area (Å²) in [7, 11) is 0. The zero-order valence-corrected chi connectivity index (χ0v) is 18.0. The third kappa shape index (κ3) is 4.11. The van der Waals surface area contributed by atoms with Crippen LogP contribution in [0.15, 0.2) is 47.3 Å². The number of halogens is 5. The molecule has 0 saturated carbocycles. The molecule has 2 bridgehead atoms. The number of carbonyl (C=O) groups excluding carboxylic acids is 1. The molecule has 1 N–H and O–H groups in total. The second kappa shape index (κ2) is 8.71. The van der Waals surface area contributed by atoms with Crippen molar-refractivity contribution >= 4 is 11.7 Å². The second-order valence-electron chi connectivity index (χ2n) is 8.56. The van der Waals surface area contributed by atoms with Crippen LogP contribution < -0.4 is 15.6 Å². The third-order valence-corrected chi connectivity index (χ3v) is 6.26. The molecule has 0 radical (unpaired) electrons. The topological polar surface area (TPSA) is 63.6 Å². The number of pyridine rings is 1. The van der Waals surface area contributed by atoms with E-state index in [0.29, 0.717) is 25.3 Å². The number of piperidine rings is 1. The van der Waals surface area contributed by atoms with E-state index in [0.717, 1.165) is 12.1 Å². The van der Waals surface area contributed by atoms with Gasteiger partial charge in [-0.3, -0.25) is 4.79 Å². The summed E-state index contributed by atoms with van der Waals surface area (Å²) < 4.78 is 74.2. The van der Waals surface area contributed by atoms with Crippen molar-refractivity contribution in [2.75, 3.05) is 18.4 Å². The van der Waals surface area contributed by atoms with Crippen molar-refractivity contribution in [2.45, 2.75) is 18.9 Å². The number of urea groups is 1. The average molecular weight is 491 g/mol. The molecule has 0 unspecified atom stereocenters. The van der Waals surface area contributed by atoms with Gasteiger partial charge in [0, 0.05) is 43.0 Å². The van der Waals surface area contributed by atoms with E-state index in [1.165, 1.54) is 30.3 Å². The van der Waals surface area contributed by atoms with Crippen molar-refractivity contribution < 1.29 is 31.5 Å². The van der Waals surface area contributed by atoms with Gasteiger partial charge in [0.2, 0.25) is 34.8 Å². The molecule has 182 valence electrons. The molecule has 35 heavy (non-hydrogen) atoms. The van der Waals surface area contributed by atoms with Crippen LogP contribution in [0, 0.1) is 35.0 Å². The summed E-state index contributed by atoms with van der Waals surface area (Å²) in [4.78, 5) is 26.7. The van der Waals surface area contributed by atoms with Crippen LogP contribution in [0.25, 0.3) is 0 Å². The van der Waals surface area contributed by atoms with Crippen LogP contribution in [0.3, 0.4) is 0 Å². The van der Waals surface area contributed by atoms with Gasteiger partial charge in [-0.2, -0.15) is 8.78 Å². The van der Waals surface area contributed by atoms with Crippen LogP contribution in [-0.2, 0) is 6.54 Å². The summed E-state index contributed by atoms with van der Waals surface area (Å²) in [5, 5.41) is 2.72. The standard InChI is InChI=1S/C24H18F5N3O3/c25-18-19(26)21(28)23(22(29)20(18)27)35-15-6-4-14(5-7-15)30-24(34)31-9-12-8-13(11-31)16-2-1-3-17(33)32(16)10-12/h1-7,12-13H,8-11H2,(H,30,34)/t12-,13+/m1/s1. The fraction of sp³-hybridized carbons (Fsp3) is 0.250. The minimum atomic E-state index is -2.28. The van der Waals surface area contributed by atoms with Gasteiger partial charge >= 0.3 is 6.03 Å². The molecule has 2 amide bonds. The number of carbonyl (C=O) groups is 1. The fourth-order valence-electron chi connectivity index (χ4n) is 4.66. The first-order valence-electron chi connectivity index (χ1n) is 10.8. The van der Waals surface area contributed by atoms with Gasteiger partial charge in [0.1, 0.15) is 5.75 Å². The Hall–Kier alpha value is -3.89. The number of hydrogen-bond acceptors (Lipinski definition) is 3. The molecule has 0 aliphatic carbocycles. The predicted octanol–water partition coefficient (Wildman–Crippen LogP) is 4.99. The van der Waals surface area contributed by atoms with Gasteiger partial charge in [-0.25, -0.2) is 18.0 Å². The summed E-state index contributed by atoms with van der Waals surface area (Å²) >= 11 is 0. The number of amides is 2. The van der Waals surface area contributed by atoms with Gasteiger partial charge in [0.15, 0.2) is 0 Å². The first-order chi connectivity index (χ1) is 16.7. The average Bonchev–Trinajstić information content (AvgIpc) is 2.86. The number of hydrogen-bond donors (Lipinski definition) is 1. The van der Waals surface area contributed by atoms with E-state index in [9.17, 15) is 31.5 Å². The van der Waals surface area contributed by atoms with Crippen molar-refractivity contribution in [3.8, 4) is 11.5 Å². The zero-order valence-electron chi connectivity index (χ0n) is 18.0. The van der Waals surface area contributed by atoms with E-state index in [1.54, 1.807) is 15.5 Å². The van der Waals surface area contributed by atoms with Crippen molar-refractivity contribution in [3.05, 3.63) is 87.6 Å². The summed E-state index contributed by atoms with van der Waals surface area (Å²) in [5.41, 5.74) is 1.19. The zero-order chi connectivity index (χ0) is 24.9. The van der Waals surface area contributed by atoms with Crippen LogP contribution in [-0.4, -0.2) is 28.6 Å². The number of nitrogens with one attached hydrogen (secondary N) is 1. The molecular weight excluding hydrogens is 473 g/mol. The normalized spacial score (nSPS) is 18.7. The molecular formula is C24H18F5N3O3. The number of benzene rings is 2. The smallest absolute Gasteiger partial charge is 0.321 e. The number of fused-ring (bicyclic) bond motifs is 4. The van der Waals surface area contributed by atoms with Crippen molar-refractivity contribution in [1.82, 2.24) is 9.47 Å². The first-order valence-corrected chi connectivity index (χ1v) is 10.8. The molecule has 3 heterocycles. The Morgan fingerprint density at radius 1 is 0.857 bits per heavy atom. The van der Waals surface area contributed by atoms with Crippen molar-refractivity contribution in [2.24, 2.45) is 5.92 Å². The van der Waals surface area contributed by atoms with E-state index in [-0.39, 0.29) is 29.2 Å². The SMILES string of the molecule is O=C(Nc1ccc(Oc2c(F)c(F)c(F)c(F)c2F)cc1)N1C[C@H]2C[C@@H](C1)c1cccc(=O)n1C2. The van der Waals surface area contributed by atoms with E-state index in [2.05, 4.69) is 5.32 Å². The highest BCUT2D eigenvalue weighted by Gasteiger charge is 2.36. The maximum absolute atomic E-state index is 13.8. The molecule has 2 aliphatic heterocycles. The molecule has 5 rings (SSSR count). The molecule has 1 aromatic heterocycles. The molecule has 2 atom stereocenters. The second-order valence-corrected chi connectivity index (χ2v) is 8.56. The van der Waals surface area contributed by atoms with E-state index < -0.39 is 34.8 Å². The lowest BCUT2D eigenvalue weighted by Gasteiger charge is -2.42. The van der Waals surface area contributed by atoms with Crippen LogP contribution in [0.4, 0.5) is 32.4 Å². The van der Waals surface area contributed by atoms with Gasteiger partial charge in [-0.15, -0.1) is 0 Å². The Kier molecular flexibility index (Phi) is 5.70. The first kappa shape index (κ1) is 22.9. The summed E-state index contributed by atoms with van der Waals surface area (Å²) in [6, 6.07) is 9.96. The Morgan fingerprint density at radius 3 is 2.20 bits per heavy atom. The fourth-order valence-corrected chi connectivity index (χ4v) is 4.66. The number of likely N-dealkylation sites (tertiary alicyclic amines) is 1. The van der Waals surface area contributed by atoms with Gasteiger partial charge in [-0.1, -0.05) is 6.07 Å². The Morgan fingerprint density at radius 2 is 1.51 bits per heavy atom. The van der Waals surface area contributed by atoms with E-state index in [1.807, 2.05) is 6.07 Å². The Labute approximate surface area is 195 Å². The number of aromatic nitrogens is 1. The lowest BCUT2D eigenvalue weighted by atomic mass is 9.83. The van der Waals surface area contributed by atoms with Gasteiger partial charge in [0.25, 0.3) is 5.56 Å². The predicted molar refractivity (Wildman–Crippen MR) is 115 cm³/mol. The highest BCUT2D eigenvalue weighted by molar-refractivity contribution is 5.89. The highest BCUT2D eigenvalue weighted by Crippen LogP contribution is 2.36. The summed E-state index contributed by atoms with van der Waals surface area (Å²) in [6.07, 6.45) is 0.886. The molecule has 1 saturated heterocycles. The number of rotatable bonds is 3. The van der Waals surface area contributed by atoms with Crippen LogP contribution >= 0.6 is 0 Å². The Bertz CT molecular complexity index is 1350. The molecule has 6 nitrogen and oxygen atoms in total. The van der Waals surface area contributed by atoms with Gasteiger partial charge in [0.05, 0.1) is 0 Å². The lowest BCUT2D eigenvalue weighted by molar-refractivity contribution is 0.139. The maximum Gasteiger partial charge on any atom is 0.321 e. The van der Waals surface area contributed by atoms with Gasteiger partial charge in [-0.05, 0) is 42.7 Å².